The third-order valence-electron chi connectivity index (χ3n) is 2.59. The van der Waals surface area contributed by atoms with E-state index < -0.39 is 0 Å². The van der Waals surface area contributed by atoms with E-state index in [9.17, 15) is 4.79 Å². The van der Waals surface area contributed by atoms with Crippen LogP contribution in [-0.4, -0.2) is 43.2 Å². The van der Waals surface area contributed by atoms with Crippen LogP contribution < -0.4 is 0 Å². The van der Waals surface area contributed by atoms with Gasteiger partial charge in [0.15, 0.2) is 5.78 Å². The number of ether oxygens (including phenoxy) is 1. The fourth-order valence-corrected chi connectivity index (χ4v) is 2.61. The van der Waals surface area contributed by atoms with Gasteiger partial charge < -0.3 is 9.64 Å². The van der Waals surface area contributed by atoms with Gasteiger partial charge in [0.25, 0.3) is 0 Å². The predicted octanol–water partition coefficient (Wildman–Crippen LogP) is 1.59. The Labute approximate surface area is 99.8 Å². The van der Waals surface area contributed by atoms with Gasteiger partial charge in [-0.1, -0.05) is 0 Å². The van der Waals surface area contributed by atoms with Crippen molar-refractivity contribution in [3.8, 4) is 0 Å². The molecule has 2 aliphatic rings. The normalized spacial score (nSPS) is 20.4. The maximum atomic E-state index is 11.1. The Bertz CT molecular complexity index is 347. The minimum atomic E-state index is 0.0613. The number of carbonyl (C=O) groups is 1. The number of nitrogens with zero attached hydrogens (tertiary/aromatic N) is 1. The van der Waals surface area contributed by atoms with Gasteiger partial charge in [-0.25, -0.2) is 0 Å². The molecule has 0 spiro atoms. The molecule has 0 saturated carbocycles. The molecular weight excluding hydrogens is 222 g/mol. The Morgan fingerprint density at radius 1 is 1.25 bits per heavy atom. The zero-order valence-corrected chi connectivity index (χ0v) is 10.1. The lowest BCUT2D eigenvalue weighted by molar-refractivity contribution is -0.110. The summed E-state index contributed by atoms with van der Waals surface area (Å²) in [6, 6.07) is 0. The molecule has 0 radical (unpaired) electrons. The second-order valence-corrected chi connectivity index (χ2v) is 4.43. The Kier molecular flexibility index (Phi) is 3.85. The lowest BCUT2D eigenvalue weighted by Gasteiger charge is -2.31. The second-order valence-electron chi connectivity index (χ2n) is 3.63. The average Bonchev–Trinajstić information content (AvgIpc) is 2.34. The number of allylic oxidation sites excluding steroid dienone is 5. The summed E-state index contributed by atoms with van der Waals surface area (Å²) in [4.78, 5) is 13.4. The van der Waals surface area contributed by atoms with Crippen LogP contribution in [0.25, 0.3) is 0 Å². The zero-order chi connectivity index (χ0) is 11.4. The van der Waals surface area contributed by atoms with Gasteiger partial charge in [-0.3, -0.25) is 4.79 Å². The molecule has 0 amide bonds. The number of hydrogen-bond donors (Lipinski definition) is 0. The molecule has 0 atom stereocenters. The van der Waals surface area contributed by atoms with Gasteiger partial charge in [0.05, 0.1) is 18.2 Å². The van der Waals surface area contributed by atoms with Gasteiger partial charge >= 0.3 is 0 Å². The minimum absolute atomic E-state index is 0.0613. The van der Waals surface area contributed by atoms with Crippen LogP contribution >= 0.6 is 11.8 Å². The first-order valence-electron chi connectivity index (χ1n) is 5.32. The number of carbonyl (C=O) groups excluding carboxylic acids is 1. The summed E-state index contributed by atoms with van der Waals surface area (Å²) in [7, 11) is 0. The third kappa shape index (κ3) is 2.57. The van der Waals surface area contributed by atoms with Gasteiger partial charge in [-0.05, 0) is 30.6 Å². The van der Waals surface area contributed by atoms with Gasteiger partial charge in [0.2, 0.25) is 0 Å². The summed E-state index contributed by atoms with van der Waals surface area (Å²) in [5, 5.41) is 1.23. The van der Waals surface area contributed by atoms with E-state index >= 15 is 0 Å². The molecule has 86 valence electrons. The molecule has 1 fully saturated rings. The van der Waals surface area contributed by atoms with E-state index in [4.69, 9.17) is 4.74 Å². The molecule has 1 saturated heterocycles. The smallest absolute Gasteiger partial charge is 0.178 e. The molecule has 0 aromatic rings. The summed E-state index contributed by atoms with van der Waals surface area (Å²) < 4.78 is 5.34. The Morgan fingerprint density at radius 2 is 1.88 bits per heavy atom. The molecule has 1 heterocycles. The Morgan fingerprint density at radius 3 is 2.44 bits per heavy atom. The van der Waals surface area contributed by atoms with Gasteiger partial charge in [-0.15, -0.1) is 11.8 Å². The van der Waals surface area contributed by atoms with Crippen molar-refractivity contribution in [3.63, 3.8) is 0 Å². The largest absolute Gasteiger partial charge is 0.378 e. The monoisotopic (exact) mass is 237 g/mol. The SMILES string of the molecule is CSC(=C1C=CC(=O)C=C1)N1CCOCC1. The van der Waals surface area contributed by atoms with Crippen molar-refractivity contribution in [2.75, 3.05) is 32.6 Å². The maximum Gasteiger partial charge on any atom is 0.178 e. The van der Waals surface area contributed by atoms with Crippen LogP contribution in [0.1, 0.15) is 0 Å². The molecular formula is C12H15NO2S. The summed E-state index contributed by atoms with van der Waals surface area (Å²) in [5.41, 5.74) is 1.12. The Balaban J connectivity index is 2.20. The van der Waals surface area contributed by atoms with E-state index in [1.54, 1.807) is 23.9 Å². The lowest BCUT2D eigenvalue weighted by Crippen LogP contribution is -2.35. The first kappa shape index (κ1) is 11.5. The molecule has 0 N–H and O–H groups in total. The number of ketones is 1. The molecule has 4 heteroatoms. The van der Waals surface area contributed by atoms with Crippen LogP contribution in [0.3, 0.4) is 0 Å². The third-order valence-corrected chi connectivity index (χ3v) is 3.47. The first-order valence-corrected chi connectivity index (χ1v) is 6.55. The van der Waals surface area contributed by atoms with E-state index in [0.717, 1.165) is 31.9 Å². The van der Waals surface area contributed by atoms with E-state index in [0.29, 0.717) is 0 Å². The Hall–Kier alpha value is -1.00. The molecule has 16 heavy (non-hydrogen) atoms. The van der Waals surface area contributed by atoms with Gasteiger partial charge in [-0.2, -0.15) is 0 Å². The van der Waals surface area contributed by atoms with Crippen LogP contribution in [-0.2, 0) is 9.53 Å². The molecule has 0 aromatic carbocycles. The van der Waals surface area contributed by atoms with Gasteiger partial charge in [0, 0.05) is 18.7 Å². The van der Waals surface area contributed by atoms with Crippen molar-refractivity contribution in [2.24, 2.45) is 0 Å². The molecule has 0 bridgehead atoms. The van der Waals surface area contributed by atoms with Crippen LogP contribution in [0.2, 0.25) is 0 Å². The summed E-state index contributed by atoms with van der Waals surface area (Å²) in [5.74, 6) is 0.0613. The molecule has 0 unspecified atom stereocenters. The summed E-state index contributed by atoms with van der Waals surface area (Å²) in [6.45, 7) is 3.41. The highest BCUT2D eigenvalue weighted by atomic mass is 32.2. The van der Waals surface area contributed by atoms with Crippen LogP contribution in [0.4, 0.5) is 0 Å². The number of hydrogen-bond acceptors (Lipinski definition) is 4. The molecule has 2 rings (SSSR count). The highest BCUT2D eigenvalue weighted by Gasteiger charge is 2.16. The molecule has 0 aromatic heterocycles. The van der Waals surface area contributed by atoms with Crippen molar-refractivity contribution in [1.82, 2.24) is 4.90 Å². The van der Waals surface area contributed by atoms with Crippen molar-refractivity contribution >= 4 is 17.5 Å². The fraction of sp³-hybridized carbons (Fsp3) is 0.417. The summed E-state index contributed by atoms with van der Waals surface area (Å²) in [6.07, 6.45) is 9.08. The minimum Gasteiger partial charge on any atom is -0.378 e. The molecule has 1 aliphatic carbocycles. The van der Waals surface area contributed by atoms with Crippen molar-refractivity contribution in [1.29, 1.82) is 0 Å². The number of rotatable bonds is 2. The first-order chi connectivity index (χ1) is 7.81. The van der Waals surface area contributed by atoms with Crippen LogP contribution in [0.15, 0.2) is 34.9 Å². The summed E-state index contributed by atoms with van der Waals surface area (Å²) >= 11 is 1.72. The number of morpholine rings is 1. The van der Waals surface area contributed by atoms with Crippen molar-refractivity contribution < 1.29 is 9.53 Å². The van der Waals surface area contributed by atoms with Crippen LogP contribution in [0.5, 0.6) is 0 Å². The average molecular weight is 237 g/mol. The topological polar surface area (TPSA) is 29.5 Å². The van der Waals surface area contributed by atoms with Gasteiger partial charge in [0.1, 0.15) is 0 Å². The van der Waals surface area contributed by atoms with Crippen LogP contribution in [0, 0.1) is 0 Å². The standard InChI is InChI=1S/C12H15NO2S/c1-16-12(13-6-8-15-9-7-13)10-2-4-11(14)5-3-10/h2-5H,6-9H2,1H3. The highest BCUT2D eigenvalue weighted by molar-refractivity contribution is 8.02. The highest BCUT2D eigenvalue weighted by Crippen LogP contribution is 2.25. The molecule has 3 nitrogen and oxygen atoms in total. The predicted molar refractivity (Wildman–Crippen MR) is 66.2 cm³/mol. The lowest BCUT2D eigenvalue weighted by atomic mass is 10.1. The second kappa shape index (κ2) is 5.37. The molecule has 1 aliphatic heterocycles. The maximum absolute atomic E-state index is 11.1. The quantitative estimate of drug-likeness (QED) is 0.729. The van der Waals surface area contributed by atoms with E-state index in [1.165, 1.54) is 5.03 Å². The fourth-order valence-electron chi connectivity index (χ4n) is 1.79. The zero-order valence-electron chi connectivity index (χ0n) is 9.31. The van der Waals surface area contributed by atoms with E-state index in [1.807, 2.05) is 12.2 Å². The van der Waals surface area contributed by atoms with E-state index in [2.05, 4.69) is 11.2 Å². The van der Waals surface area contributed by atoms with Crippen molar-refractivity contribution in [3.05, 3.63) is 34.9 Å². The van der Waals surface area contributed by atoms with Crippen molar-refractivity contribution in [2.45, 2.75) is 0 Å². The number of thioether (sulfide) groups is 1. The van der Waals surface area contributed by atoms with E-state index in [-0.39, 0.29) is 5.78 Å².